The maximum absolute atomic E-state index is 13.1. The van der Waals surface area contributed by atoms with Crippen LogP contribution in [0.15, 0.2) is 65.1 Å². The summed E-state index contributed by atoms with van der Waals surface area (Å²) >= 11 is 0. The molecule has 4 aromatic rings. The van der Waals surface area contributed by atoms with Crippen molar-refractivity contribution in [2.24, 2.45) is 0 Å². The predicted octanol–water partition coefficient (Wildman–Crippen LogP) is 4.44. The van der Waals surface area contributed by atoms with Crippen molar-refractivity contribution in [2.75, 3.05) is 0 Å². The lowest BCUT2D eigenvalue weighted by molar-refractivity contribution is 0.0949. The molecule has 5 heteroatoms. The molecular formula is C22H19N3O2. The molecule has 2 aromatic heterocycles. The molecule has 2 heterocycles. The van der Waals surface area contributed by atoms with Gasteiger partial charge in [-0.2, -0.15) is 0 Å². The van der Waals surface area contributed by atoms with Crippen LogP contribution in [0.3, 0.4) is 0 Å². The molecule has 0 aliphatic heterocycles. The Morgan fingerprint density at radius 1 is 0.963 bits per heavy atom. The number of carbonyl (C=O) groups excluding carboxylic acids is 1. The highest BCUT2D eigenvalue weighted by molar-refractivity contribution is 6.10. The third kappa shape index (κ3) is 3.44. The highest BCUT2D eigenvalue weighted by Gasteiger charge is 2.19. The molecule has 0 aliphatic rings. The van der Waals surface area contributed by atoms with E-state index in [1.165, 1.54) is 0 Å². The second-order valence-electron chi connectivity index (χ2n) is 6.50. The van der Waals surface area contributed by atoms with Crippen LogP contribution in [0, 0.1) is 13.8 Å². The van der Waals surface area contributed by atoms with Gasteiger partial charge in [-0.15, -0.1) is 10.2 Å². The minimum atomic E-state index is -0.203. The van der Waals surface area contributed by atoms with E-state index in [4.69, 9.17) is 4.42 Å². The topological polar surface area (TPSA) is 68.0 Å². The Kier molecular flexibility index (Phi) is 4.42. The van der Waals surface area contributed by atoms with Gasteiger partial charge in [-0.3, -0.25) is 4.79 Å². The Morgan fingerprint density at radius 3 is 2.48 bits per heavy atom. The minimum absolute atomic E-state index is 0.203. The summed E-state index contributed by atoms with van der Waals surface area (Å²) in [7, 11) is 0. The zero-order valence-electron chi connectivity index (χ0n) is 15.2. The van der Waals surface area contributed by atoms with E-state index in [0.717, 1.165) is 22.3 Å². The molecule has 1 amide bonds. The summed E-state index contributed by atoms with van der Waals surface area (Å²) in [5.41, 5.74) is 3.78. The number of aromatic nitrogens is 2. The normalized spacial score (nSPS) is 10.9. The van der Waals surface area contributed by atoms with E-state index in [9.17, 15) is 4.79 Å². The number of fused-ring (bicyclic) bond motifs is 1. The van der Waals surface area contributed by atoms with Crippen LogP contribution in [-0.4, -0.2) is 16.1 Å². The molecule has 1 N–H and O–H groups in total. The highest BCUT2D eigenvalue weighted by Crippen LogP contribution is 2.27. The van der Waals surface area contributed by atoms with Crippen LogP contribution < -0.4 is 5.32 Å². The zero-order chi connectivity index (χ0) is 18.8. The van der Waals surface area contributed by atoms with Gasteiger partial charge in [0.15, 0.2) is 0 Å². The summed E-state index contributed by atoms with van der Waals surface area (Å²) in [6.07, 6.45) is 0. The molecule has 0 fully saturated rings. The summed E-state index contributed by atoms with van der Waals surface area (Å²) in [5, 5.41) is 12.4. The molecule has 27 heavy (non-hydrogen) atoms. The second-order valence-corrected chi connectivity index (χ2v) is 6.50. The first-order valence-corrected chi connectivity index (χ1v) is 8.78. The Bertz CT molecular complexity index is 1110. The van der Waals surface area contributed by atoms with E-state index in [0.29, 0.717) is 29.1 Å². The fourth-order valence-corrected chi connectivity index (χ4v) is 3.03. The molecule has 2 aromatic carbocycles. The van der Waals surface area contributed by atoms with Gasteiger partial charge in [0.05, 0.1) is 17.6 Å². The van der Waals surface area contributed by atoms with Crippen molar-refractivity contribution in [2.45, 2.75) is 20.4 Å². The first-order valence-electron chi connectivity index (χ1n) is 8.78. The SMILES string of the molecule is Cc1ccc(-c2nnc3ccccc3c2C(=O)NCc2ccc(C)o2)cc1. The molecule has 0 spiro atoms. The fraction of sp³-hybridized carbons (Fsp3) is 0.136. The minimum Gasteiger partial charge on any atom is -0.465 e. The molecule has 0 saturated heterocycles. The van der Waals surface area contributed by atoms with Crippen LogP contribution in [0.1, 0.15) is 27.4 Å². The number of amides is 1. The molecule has 0 saturated carbocycles. The third-order valence-electron chi connectivity index (χ3n) is 4.44. The monoisotopic (exact) mass is 357 g/mol. The maximum atomic E-state index is 13.1. The van der Waals surface area contributed by atoms with Gasteiger partial charge in [0, 0.05) is 10.9 Å². The quantitative estimate of drug-likeness (QED) is 0.586. The van der Waals surface area contributed by atoms with E-state index in [2.05, 4.69) is 15.5 Å². The Morgan fingerprint density at radius 2 is 1.74 bits per heavy atom. The Labute approximate surface area is 157 Å². The molecule has 0 bridgehead atoms. The van der Waals surface area contributed by atoms with Crippen LogP contribution in [0.4, 0.5) is 0 Å². The van der Waals surface area contributed by atoms with Crippen molar-refractivity contribution in [3.63, 3.8) is 0 Å². The largest absolute Gasteiger partial charge is 0.465 e. The number of benzene rings is 2. The van der Waals surface area contributed by atoms with Crippen molar-refractivity contribution in [3.8, 4) is 11.3 Å². The molecule has 0 radical (unpaired) electrons. The van der Waals surface area contributed by atoms with Gasteiger partial charge in [0.25, 0.3) is 5.91 Å². The highest BCUT2D eigenvalue weighted by atomic mass is 16.3. The number of hydrogen-bond donors (Lipinski definition) is 1. The van der Waals surface area contributed by atoms with E-state index in [1.54, 1.807) is 0 Å². The first-order chi connectivity index (χ1) is 13.1. The average molecular weight is 357 g/mol. The molecule has 4 rings (SSSR count). The van der Waals surface area contributed by atoms with Gasteiger partial charge in [-0.05, 0) is 32.0 Å². The second kappa shape index (κ2) is 7.03. The number of rotatable bonds is 4. The van der Waals surface area contributed by atoms with Crippen LogP contribution in [-0.2, 0) is 6.54 Å². The lowest BCUT2D eigenvalue weighted by atomic mass is 10.0. The smallest absolute Gasteiger partial charge is 0.254 e. The van der Waals surface area contributed by atoms with Crippen LogP contribution in [0.2, 0.25) is 0 Å². The first kappa shape index (κ1) is 17.0. The Hall–Kier alpha value is -3.47. The van der Waals surface area contributed by atoms with Gasteiger partial charge in [0.2, 0.25) is 0 Å². The van der Waals surface area contributed by atoms with Crippen molar-refractivity contribution >= 4 is 16.8 Å². The summed E-state index contributed by atoms with van der Waals surface area (Å²) in [6, 6.07) is 19.2. The van der Waals surface area contributed by atoms with Crippen LogP contribution >= 0.6 is 0 Å². The van der Waals surface area contributed by atoms with Crippen LogP contribution in [0.25, 0.3) is 22.2 Å². The summed E-state index contributed by atoms with van der Waals surface area (Å²) in [4.78, 5) is 13.1. The van der Waals surface area contributed by atoms with E-state index in [-0.39, 0.29) is 5.91 Å². The van der Waals surface area contributed by atoms with Gasteiger partial charge < -0.3 is 9.73 Å². The Balaban J connectivity index is 1.77. The summed E-state index contributed by atoms with van der Waals surface area (Å²) < 4.78 is 5.54. The lowest BCUT2D eigenvalue weighted by Gasteiger charge is -2.12. The van der Waals surface area contributed by atoms with E-state index >= 15 is 0 Å². The van der Waals surface area contributed by atoms with Gasteiger partial charge in [-0.1, -0.05) is 48.0 Å². The van der Waals surface area contributed by atoms with Gasteiger partial charge in [0.1, 0.15) is 17.2 Å². The predicted molar refractivity (Wildman–Crippen MR) is 104 cm³/mol. The number of nitrogens with zero attached hydrogens (tertiary/aromatic N) is 2. The molecule has 0 unspecified atom stereocenters. The standard InChI is InChI=1S/C22H19N3O2/c1-14-7-10-16(11-8-14)21-20(18-5-3-4-6-19(18)24-25-21)22(26)23-13-17-12-9-15(2)27-17/h3-12H,13H2,1-2H3,(H,23,26). The van der Waals surface area contributed by atoms with Crippen molar-refractivity contribution in [3.05, 3.63) is 83.3 Å². The molecule has 0 atom stereocenters. The number of carbonyl (C=O) groups is 1. The average Bonchev–Trinajstić information content (AvgIpc) is 3.11. The lowest BCUT2D eigenvalue weighted by Crippen LogP contribution is -2.24. The summed E-state index contributed by atoms with van der Waals surface area (Å²) in [6.45, 7) is 4.21. The van der Waals surface area contributed by atoms with Gasteiger partial charge >= 0.3 is 0 Å². The molecule has 5 nitrogen and oxygen atoms in total. The van der Waals surface area contributed by atoms with Crippen molar-refractivity contribution in [1.82, 2.24) is 15.5 Å². The number of hydrogen-bond acceptors (Lipinski definition) is 4. The molecular weight excluding hydrogens is 338 g/mol. The molecule has 0 aliphatic carbocycles. The van der Waals surface area contributed by atoms with Crippen molar-refractivity contribution < 1.29 is 9.21 Å². The van der Waals surface area contributed by atoms with Gasteiger partial charge in [-0.25, -0.2) is 0 Å². The van der Waals surface area contributed by atoms with Crippen molar-refractivity contribution in [1.29, 1.82) is 0 Å². The van der Waals surface area contributed by atoms with Crippen LogP contribution in [0.5, 0.6) is 0 Å². The summed E-state index contributed by atoms with van der Waals surface area (Å²) in [5.74, 6) is 1.32. The van der Waals surface area contributed by atoms with E-state index in [1.807, 2.05) is 74.5 Å². The number of nitrogens with one attached hydrogen (secondary N) is 1. The molecule has 134 valence electrons. The number of furan rings is 1. The maximum Gasteiger partial charge on any atom is 0.254 e. The zero-order valence-corrected chi connectivity index (χ0v) is 15.2. The third-order valence-corrected chi connectivity index (χ3v) is 4.44. The van der Waals surface area contributed by atoms with E-state index < -0.39 is 0 Å². The number of aryl methyl sites for hydroxylation is 2. The fourth-order valence-electron chi connectivity index (χ4n) is 3.03.